The van der Waals surface area contributed by atoms with E-state index in [1.165, 1.54) is 23.1 Å². The number of ether oxygens (including phenoxy) is 1. The Bertz CT molecular complexity index is 606. The van der Waals surface area contributed by atoms with Gasteiger partial charge in [0.2, 0.25) is 0 Å². The molecular weight excluding hydrogens is 270 g/mol. The van der Waals surface area contributed by atoms with Crippen molar-refractivity contribution in [1.82, 2.24) is 4.90 Å². The van der Waals surface area contributed by atoms with Crippen LogP contribution in [0.5, 0.6) is 0 Å². The second kappa shape index (κ2) is 5.77. The number of nitrogens with zero attached hydrogens (tertiary/aromatic N) is 1. The number of benzene rings is 1. The second-order valence-electron chi connectivity index (χ2n) is 4.99. The molecule has 20 heavy (non-hydrogen) atoms. The molecule has 0 bridgehead atoms. The van der Waals surface area contributed by atoms with Crippen molar-refractivity contribution in [2.45, 2.75) is 19.5 Å². The quantitative estimate of drug-likeness (QED) is 0.812. The van der Waals surface area contributed by atoms with E-state index in [2.05, 4.69) is 29.2 Å². The van der Waals surface area contributed by atoms with Crippen molar-refractivity contribution >= 4 is 17.3 Å². The van der Waals surface area contributed by atoms with Crippen LogP contribution in [0.15, 0.2) is 35.7 Å². The molecule has 0 fully saturated rings. The van der Waals surface area contributed by atoms with Crippen LogP contribution in [-0.2, 0) is 24.2 Å². The molecule has 1 aliphatic heterocycles. The summed E-state index contributed by atoms with van der Waals surface area (Å²) < 4.78 is 4.84. The summed E-state index contributed by atoms with van der Waals surface area (Å²) in [5.74, 6) is -0.209. The van der Waals surface area contributed by atoms with E-state index in [0.29, 0.717) is 0 Å². The summed E-state index contributed by atoms with van der Waals surface area (Å²) >= 11 is 1.67. The Kier molecular flexibility index (Phi) is 3.85. The number of esters is 1. The summed E-state index contributed by atoms with van der Waals surface area (Å²) in [5.41, 5.74) is 3.28. The van der Waals surface area contributed by atoms with Gasteiger partial charge in [0.05, 0.1) is 12.7 Å². The van der Waals surface area contributed by atoms with E-state index in [0.717, 1.165) is 31.6 Å². The van der Waals surface area contributed by atoms with Crippen molar-refractivity contribution in [3.05, 3.63) is 57.3 Å². The first kappa shape index (κ1) is 13.3. The van der Waals surface area contributed by atoms with Gasteiger partial charge >= 0.3 is 5.97 Å². The Hall–Kier alpha value is -1.65. The van der Waals surface area contributed by atoms with Gasteiger partial charge in [-0.25, -0.2) is 4.79 Å². The van der Waals surface area contributed by atoms with Gasteiger partial charge in [-0.3, -0.25) is 4.90 Å². The smallest absolute Gasteiger partial charge is 0.338 e. The van der Waals surface area contributed by atoms with Crippen molar-refractivity contribution in [2.75, 3.05) is 13.7 Å². The Morgan fingerprint density at radius 3 is 2.90 bits per heavy atom. The largest absolute Gasteiger partial charge is 0.465 e. The van der Waals surface area contributed by atoms with Crippen LogP contribution in [-0.4, -0.2) is 24.5 Å². The summed E-state index contributed by atoms with van der Waals surface area (Å²) in [6.07, 6.45) is 0.927. The predicted molar refractivity (Wildman–Crippen MR) is 79.9 cm³/mol. The minimum absolute atomic E-state index is 0.209. The van der Waals surface area contributed by atoms with Crippen molar-refractivity contribution in [3.63, 3.8) is 0 Å². The zero-order valence-electron chi connectivity index (χ0n) is 11.5. The lowest BCUT2D eigenvalue weighted by molar-refractivity contribution is 0.0599. The number of thiophene rings is 1. The molecule has 3 nitrogen and oxygen atoms in total. The molecule has 0 amide bonds. The zero-order chi connectivity index (χ0) is 13.9. The molecule has 1 aromatic heterocycles. The van der Waals surface area contributed by atoms with E-state index in [-0.39, 0.29) is 5.97 Å². The molecule has 0 spiro atoms. The van der Waals surface area contributed by atoms with Gasteiger partial charge in [0.25, 0.3) is 0 Å². The molecule has 0 saturated carbocycles. The highest BCUT2D eigenvalue weighted by molar-refractivity contribution is 7.10. The molecule has 0 saturated heterocycles. The second-order valence-corrected chi connectivity index (χ2v) is 5.95. The molecule has 4 heteroatoms. The van der Waals surface area contributed by atoms with Gasteiger partial charge in [-0.2, -0.15) is 0 Å². The number of carbonyl (C=O) groups excluding carboxylic acids is 1. The average Bonchev–Trinajstić information content (AvgIpc) is 2.90. The normalized spacial score (nSPS) is 14.8. The molecule has 0 radical (unpaired) electrons. The molecule has 0 N–H and O–H groups in total. The fourth-order valence-corrected chi connectivity index (χ4v) is 3.75. The molecule has 0 atom stereocenters. The van der Waals surface area contributed by atoms with Crippen LogP contribution < -0.4 is 0 Å². The number of carbonyl (C=O) groups is 1. The van der Waals surface area contributed by atoms with E-state index in [1.54, 1.807) is 11.3 Å². The molecule has 2 aromatic rings. The fraction of sp³-hybridized carbons (Fsp3) is 0.312. The number of hydrogen-bond acceptors (Lipinski definition) is 4. The van der Waals surface area contributed by atoms with Gasteiger partial charge in [0.1, 0.15) is 0 Å². The minimum Gasteiger partial charge on any atom is -0.465 e. The number of rotatable bonds is 3. The van der Waals surface area contributed by atoms with Gasteiger partial charge in [-0.15, -0.1) is 11.3 Å². The van der Waals surface area contributed by atoms with Gasteiger partial charge < -0.3 is 4.74 Å². The lowest BCUT2D eigenvalue weighted by Crippen LogP contribution is -2.29. The van der Waals surface area contributed by atoms with Gasteiger partial charge in [0, 0.05) is 29.9 Å². The predicted octanol–water partition coefficient (Wildman–Crippen LogP) is 3.09. The number of methoxy groups -OCH3 is 1. The van der Waals surface area contributed by atoms with Crippen LogP contribution in [0, 0.1) is 0 Å². The minimum atomic E-state index is -0.209. The molecule has 0 aliphatic carbocycles. The lowest BCUT2D eigenvalue weighted by Gasteiger charge is -2.27. The summed E-state index contributed by atoms with van der Waals surface area (Å²) in [6, 6.07) is 10.5. The maximum absolute atomic E-state index is 11.7. The van der Waals surface area contributed by atoms with Gasteiger partial charge in [0.15, 0.2) is 0 Å². The van der Waals surface area contributed by atoms with Crippen molar-refractivity contribution in [3.8, 4) is 0 Å². The molecule has 0 unspecified atom stereocenters. The van der Waals surface area contributed by atoms with E-state index < -0.39 is 0 Å². The average molecular weight is 287 g/mol. The van der Waals surface area contributed by atoms with Gasteiger partial charge in [-0.1, -0.05) is 30.3 Å². The first-order chi connectivity index (χ1) is 9.78. The molecular formula is C16H17NO2S. The van der Waals surface area contributed by atoms with Crippen LogP contribution in [0.2, 0.25) is 0 Å². The SMILES string of the molecule is COC(=O)c1csc2c1CCN(Cc1ccccc1)C2. The molecule has 1 aliphatic rings. The lowest BCUT2D eigenvalue weighted by atomic mass is 10.0. The van der Waals surface area contributed by atoms with Gasteiger partial charge in [-0.05, 0) is 17.5 Å². The van der Waals surface area contributed by atoms with Crippen LogP contribution >= 0.6 is 11.3 Å². The van der Waals surface area contributed by atoms with E-state index in [1.807, 2.05) is 11.4 Å². The van der Waals surface area contributed by atoms with Crippen LogP contribution in [0.3, 0.4) is 0 Å². The van der Waals surface area contributed by atoms with E-state index in [4.69, 9.17) is 4.74 Å². The summed E-state index contributed by atoms with van der Waals surface area (Å²) in [5, 5.41) is 1.93. The molecule has 1 aromatic carbocycles. The first-order valence-corrected chi connectivity index (χ1v) is 7.59. The van der Waals surface area contributed by atoms with E-state index in [9.17, 15) is 4.79 Å². The maximum Gasteiger partial charge on any atom is 0.338 e. The topological polar surface area (TPSA) is 29.5 Å². The van der Waals surface area contributed by atoms with Crippen LogP contribution in [0.1, 0.15) is 26.4 Å². The van der Waals surface area contributed by atoms with E-state index >= 15 is 0 Å². The van der Waals surface area contributed by atoms with Crippen LogP contribution in [0.4, 0.5) is 0 Å². The Morgan fingerprint density at radius 1 is 1.35 bits per heavy atom. The van der Waals surface area contributed by atoms with Crippen molar-refractivity contribution in [2.24, 2.45) is 0 Å². The van der Waals surface area contributed by atoms with Crippen LogP contribution in [0.25, 0.3) is 0 Å². The van der Waals surface area contributed by atoms with Crippen molar-refractivity contribution in [1.29, 1.82) is 0 Å². The van der Waals surface area contributed by atoms with Crippen molar-refractivity contribution < 1.29 is 9.53 Å². The monoisotopic (exact) mass is 287 g/mol. The molecule has 2 heterocycles. The Labute approximate surface area is 122 Å². The first-order valence-electron chi connectivity index (χ1n) is 6.72. The number of fused-ring (bicyclic) bond motifs is 1. The third-order valence-electron chi connectivity index (χ3n) is 3.68. The summed E-state index contributed by atoms with van der Waals surface area (Å²) in [6.45, 7) is 2.88. The third kappa shape index (κ3) is 2.62. The summed E-state index contributed by atoms with van der Waals surface area (Å²) in [4.78, 5) is 15.4. The molecule has 3 rings (SSSR count). The maximum atomic E-state index is 11.7. The zero-order valence-corrected chi connectivity index (χ0v) is 12.3. The number of hydrogen-bond donors (Lipinski definition) is 0. The standard InChI is InChI=1S/C16H17NO2S/c1-19-16(18)14-11-20-15-10-17(8-7-13(14)15)9-12-5-3-2-4-6-12/h2-6,11H,7-10H2,1H3. The molecule has 104 valence electrons. The third-order valence-corrected chi connectivity index (χ3v) is 4.69. The highest BCUT2D eigenvalue weighted by Gasteiger charge is 2.24. The highest BCUT2D eigenvalue weighted by Crippen LogP contribution is 2.29. The Morgan fingerprint density at radius 2 is 2.15 bits per heavy atom. The summed E-state index contributed by atoms with van der Waals surface area (Å²) in [7, 11) is 1.44. The Balaban J connectivity index is 1.73. The highest BCUT2D eigenvalue weighted by atomic mass is 32.1. The fourth-order valence-electron chi connectivity index (χ4n) is 2.64.